The van der Waals surface area contributed by atoms with Gasteiger partial charge in [-0.25, -0.2) is 9.97 Å². The van der Waals surface area contributed by atoms with Gasteiger partial charge in [0.25, 0.3) is 0 Å². The number of anilines is 1. The van der Waals surface area contributed by atoms with Crippen LogP contribution in [0.5, 0.6) is 0 Å². The molecule has 76 valence electrons. The number of hydrogen-bond acceptors (Lipinski definition) is 4. The minimum atomic E-state index is 0.276. The zero-order valence-electron chi connectivity index (χ0n) is 8.16. The van der Waals surface area contributed by atoms with Gasteiger partial charge in [-0.1, -0.05) is 25.6 Å². The predicted octanol–water partition coefficient (Wildman–Crippen LogP) is 1.32. The van der Waals surface area contributed by atoms with E-state index in [1.165, 1.54) is 0 Å². The molecule has 0 aliphatic rings. The lowest BCUT2D eigenvalue weighted by atomic mass is 10.3. The van der Waals surface area contributed by atoms with Gasteiger partial charge in [0.2, 0.25) is 0 Å². The highest BCUT2D eigenvalue weighted by molar-refractivity contribution is 7.80. The standard InChI is InChI=1S/C9H14N4S/c1-2-3-4-11-8-6-12-7(5-13-8)9(10)14/h5-6H,2-4H2,1H3,(H2,10,14)(H,11,13). The molecule has 0 atom stereocenters. The largest absolute Gasteiger partial charge is 0.388 e. The van der Waals surface area contributed by atoms with Crippen LogP contribution in [-0.2, 0) is 0 Å². The van der Waals surface area contributed by atoms with E-state index in [0.29, 0.717) is 5.69 Å². The van der Waals surface area contributed by atoms with Gasteiger partial charge < -0.3 is 11.1 Å². The topological polar surface area (TPSA) is 63.8 Å². The van der Waals surface area contributed by atoms with E-state index in [1.54, 1.807) is 12.4 Å². The maximum atomic E-state index is 5.39. The third-order valence-electron chi connectivity index (χ3n) is 1.74. The minimum Gasteiger partial charge on any atom is -0.388 e. The van der Waals surface area contributed by atoms with Gasteiger partial charge in [0.1, 0.15) is 16.5 Å². The molecule has 3 N–H and O–H groups in total. The molecule has 0 amide bonds. The Labute approximate surface area is 88.9 Å². The van der Waals surface area contributed by atoms with Crippen molar-refractivity contribution in [1.29, 1.82) is 0 Å². The van der Waals surface area contributed by atoms with Crippen molar-refractivity contribution in [2.45, 2.75) is 19.8 Å². The molecule has 0 aliphatic heterocycles. The predicted molar refractivity (Wildman–Crippen MR) is 61.3 cm³/mol. The van der Waals surface area contributed by atoms with Gasteiger partial charge in [-0.05, 0) is 6.42 Å². The van der Waals surface area contributed by atoms with Gasteiger partial charge in [0.05, 0.1) is 12.4 Å². The third-order valence-corrected chi connectivity index (χ3v) is 1.95. The van der Waals surface area contributed by atoms with E-state index < -0.39 is 0 Å². The lowest BCUT2D eigenvalue weighted by Gasteiger charge is -2.03. The zero-order valence-corrected chi connectivity index (χ0v) is 8.97. The van der Waals surface area contributed by atoms with Gasteiger partial charge in [-0.2, -0.15) is 0 Å². The van der Waals surface area contributed by atoms with Gasteiger partial charge in [-0.15, -0.1) is 0 Å². The Hall–Kier alpha value is -1.23. The number of nitrogens with zero attached hydrogens (tertiary/aromatic N) is 2. The summed E-state index contributed by atoms with van der Waals surface area (Å²) in [5.74, 6) is 0.762. The molecule has 0 aliphatic carbocycles. The molecule has 0 saturated carbocycles. The summed E-state index contributed by atoms with van der Waals surface area (Å²) >= 11 is 4.77. The van der Waals surface area contributed by atoms with Crippen LogP contribution in [0.3, 0.4) is 0 Å². The van der Waals surface area contributed by atoms with Crippen molar-refractivity contribution in [2.24, 2.45) is 5.73 Å². The van der Waals surface area contributed by atoms with E-state index >= 15 is 0 Å². The van der Waals surface area contributed by atoms with E-state index in [9.17, 15) is 0 Å². The first-order valence-corrected chi connectivity index (χ1v) is 5.00. The highest BCUT2D eigenvalue weighted by atomic mass is 32.1. The van der Waals surface area contributed by atoms with Crippen LogP contribution in [0, 0.1) is 0 Å². The number of rotatable bonds is 5. The number of hydrogen-bond donors (Lipinski definition) is 2. The summed E-state index contributed by atoms with van der Waals surface area (Å²) in [6.45, 7) is 3.06. The molecule has 5 heteroatoms. The summed E-state index contributed by atoms with van der Waals surface area (Å²) in [5, 5.41) is 3.15. The molecule has 0 unspecified atom stereocenters. The van der Waals surface area contributed by atoms with Crippen molar-refractivity contribution < 1.29 is 0 Å². The molecule has 0 bridgehead atoms. The van der Waals surface area contributed by atoms with Gasteiger partial charge in [0, 0.05) is 6.54 Å². The van der Waals surface area contributed by atoms with Crippen LogP contribution in [0.25, 0.3) is 0 Å². The summed E-state index contributed by atoms with van der Waals surface area (Å²) in [6, 6.07) is 0. The van der Waals surface area contributed by atoms with Crippen molar-refractivity contribution >= 4 is 23.0 Å². The summed E-state index contributed by atoms with van der Waals surface area (Å²) in [6.07, 6.45) is 5.50. The van der Waals surface area contributed by atoms with Crippen LogP contribution >= 0.6 is 12.2 Å². The van der Waals surface area contributed by atoms with E-state index in [0.717, 1.165) is 25.2 Å². The molecule has 0 spiro atoms. The maximum absolute atomic E-state index is 5.39. The highest BCUT2D eigenvalue weighted by Crippen LogP contribution is 2.01. The second-order valence-corrected chi connectivity index (χ2v) is 3.37. The smallest absolute Gasteiger partial charge is 0.144 e. The molecule has 1 heterocycles. The quantitative estimate of drug-likeness (QED) is 0.567. The van der Waals surface area contributed by atoms with Crippen molar-refractivity contribution in [3.8, 4) is 0 Å². The van der Waals surface area contributed by atoms with Crippen molar-refractivity contribution in [2.75, 3.05) is 11.9 Å². The monoisotopic (exact) mass is 210 g/mol. The van der Waals surface area contributed by atoms with E-state index in [4.69, 9.17) is 18.0 Å². The van der Waals surface area contributed by atoms with Gasteiger partial charge >= 0.3 is 0 Å². The van der Waals surface area contributed by atoms with E-state index in [1.807, 2.05) is 0 Å². The van der Waals surface area contributed by atoms with E-state index in [2.05, 4.69) is 22.2 Å². The molecule has 0 saturated heterocycles. The fourth-order valence-electron chi connectivity index (χ4n) is 0.940. The molecule has 0 aromatic carbocycles. The summed E-state index contributed by atoms with van der Waals surface area (Å²) < 4.78 is 0. The lowest BCUT2D eigenvalue weighted by Crippen LogP contribution is -2.12. The van der Waals surface area contributed by atoms with E-state index in [-0.39, 0.29) is 4.99 Å². The minimum absolute atomic E-state index is 0.276. The molecule has 1 aromatic rings. The Morgan fingerprint density at radius 1 is 1.50 bits per heavy atom. The average molecular weight is 210 g/mol. The molecule has 1 rings (SSSR count). The zero-order chi connectivity index (χ0) is 10.4. The Balaban J connectivity index is 2.51. The third kappa shape index (κ3) is 3.26. The first-order valence-electron chi connectivity index (χ1n) is 4.59. The van der Waals surface area contributed by atoms with Gasteiger partial charge in [-0.3, -0.25) is 0 Å². The average Bonchev–Trinajstić information content (AvgIpc) is 2.19. The number of aromatic nitrogens is 2. The number of thiocarbonyl (C=S) groups is 1. The van der Waals surface area contributed by atoms with Crippen molar-refractivity contribution in [3.63, 3.8) is 0 Å². The van der Waals surface area contributed by atoms with Crippen LogP contribution in [0.15, 0.2) is 12.4 Å². The molecule has 1 aromatic heterocycles. The first kappa shape index (κ1) is 10.8. The molecule has 0 radical (unpaired) electrons. The molecule has 14 heavy (non-hydrogen) atoms. The van der Waals surface area contributed by atoms with Crippen LogP contribution in [-0.4, -0.2) is 21.5 Å². The summed E-state index contributed by atoms with van der Waals surface area (Å²) in [5.41, 5.74) is 5.95. The van der Waals surface area contributed by atoms with Crippen LogP contribution in [0.2, 0.25) is 0 Å². The number of nitrogens with two attached hydrogens (primary N) is 1. The normalized spacial score (nSPS) is 9.79. The molecular weight excluding hydrogens is 196 g/mol. The van der Waals surface area contributed by atoms with Crippen molar-refractivity contribution in [3.05, 3.63) is 18.1 Å². The number of nitrogens with one attached hydrogen (secondary N) is 1. The van der Waals surface area contributed by atoms with Crippen molar-refractivity contribution in [1.82, 2.24) is 9.97 Å². The summed E-state index contributed by atoms with van der Waals surface area (Å²) in [4.78, 5) is 8.47. The summed E-state index contributed by atoms with van der Waals surface area (Å²) in [7, 11) is 0. The SMILES string of the molecule is CCCCNc1cnc(C(N)=S)cn1. The van der Waals surface area contributed by atoms with Crippen LogP contribution in [0.4, 0.5) is 5.82 Å². The Morgan fingerprint density at radius 3 is 2.79 bits per heavy atom. The number of unbranched alkanes of at least 4 members (excludes halogenated alkanes) is 1. The fraction of sp³-hybridized carbons (Fsp3) is 0.444. The molecule has 4 nitrogen and oxygen atoms in total. The lowest BCUT2D eigenvalue weighted by molar-refractivity contribution is 0.830. The van der Waals surface area contributed by atoms with Crippen LogP contribution < -0.4 is 11.1 Å². The second-order valence-electron chi connectivity index (χ2n) is 2.93. The Morgan fingerprint density at radius 2 is 2.29 bits per heavy atom. The highest BCUT2D eigenvalue weighted by Gasteiger charge is 1.98. The second kappa shape index (κ2) is 5.49. The van der Waals surface area contributed by atoms with Gasteiger partial charge in [0.15, 0.2) is 0 Å². The molecular formula is C9H14N4S. The Bertz CT molecular complexity index is 296. The maximum Gasteiger partial charge on any atom is 0.144 e. The van der Waals surface area contributed by atoms with Crippen LogP contribution in [0.1, 0.15) is 25.5 Å². The fourth-order valence-corrected chi connectivity index (χ4v) is 1.05. The Kier molecular flexibility index (Phi) is 4.25. The first-order chi connectivity index (χ1) is 6.74. The molecule has 0 fully saturated rings.